The number of hydrogen-bond acceptors (Lipinski definition) is 0. The lowest BCUT2D eigenvalue weighted by molar-refractivity contribution is 1.61. The quantitative estimate of drug-likeness (QED) is 0.107. The van der Waals surface area contributed by atoms with Crippen molar-refractivity contribution < 1.29 is 0 Å². The van der Waals surface area contributed by atoms with Gasteiger partial charge in [0.15, 0.2) is 0 Å². The predicted molar refractivity (Wildman–Crippen MR) is 569 cm³/mol. The van der Waals surface area contributed by atoms with Crippen LogP contribution in [0.15, 0.2) is 546 Å². The van der Waals surface area contributed by atoms with E-state index in [2.05, 4.69) is 546 Å². The molecule has 25 rings (SSSR count). The zero-order valence-corrected chi connectivity index (χ0v) is 73.0. The molecule has 25 aromatic rings. The van der Waals surface area contributed by atoms with Crippen molar-refractivity contribution in [3.05, 3.63) is 546 Å². The molecule has 0 aliphatic heterocycles. The Hall–Kier alpha value is -17.2. The van der Waals surface area contributed by atoms with Crippen molar-refractivity contribution in [2.24, 2.45) is 0 Å². The molecule has 0 nitrogen and oxygen atoms in total. The minimum Gasteiger partial charge on any atom is -0.0622 e. The molecular formula is C132H90. The van der Waals surface area contributed by atoms with Gasteiger partial charge in [0.25, 0.3) is 0 Å². The zero-order chi connectivity index (χ0) is 87.9. The highest BCUT2D eigenvalue weighted by atomic mass is 14.3. The van der Waals surface area contributed by atoms with E-state index >= 15 is 0 Å². The van der Waals surface area contributed by atoms with Crippen molar-refractivity contribution in [3.8, 4) is 134 Å². The van der Waals surface area contributed by atoms with Crippen molar-refractivity contribution in [1.82, 2.24) is 0 Å². The van der Waals surface area contributed by atoms with Gasteiger partial charge in [0.1, 0.15) is 0 Å². The molecule has 0 amide bonds. The van der Waals surface area contributed by atoms with Crippen molar-refractivity contribution in [1.29, 1.82) is 0 Å². The molecule has 0 heterocycles. The SMILES string of the molecule is c1ccc(-c2c3ccccc3c(-c3ccccc3)c3cc(-c4cccc5ccccc45)ccc23)cc1.c1ccc(-c2ccc(-c3c4ccccc4c(-c4ccccc4)c4ccccc34)cc2)cc1.c1ccc(-c2ccc3c(-c4ccccc4)c4ccccc4c(-c4ccccc4)c3c2)cc1.c1ccc(-c2cccc(-c3c4ccccc4c(-c4ccccc4)c4ccccc34)c2)cc1. The molecular weight excluding hydrogens is 1590 g/mol. The Kier molecular flexibility index (Phi) is 22.4. The molecule has 0 unspecified atom stereocenters. The average Bonchev–Trinajstić information content (AvgIpc) is 0.703. The van der Waals surface area contributed by atoms with E-state index in [0.717, 1.165) is 0 Å². The molecule has 0 spiro atoms. The molecule has 0 saturated carbocycles. The van der Waals surface area contributed by atoms with E-state index in [0.29, 0.717) is 0 Å². The molecule has 25 aromatic carbocycles. The molecule has 0 N–H and O–H groups in total. The van der Waals surface area contributed by atoms with Gasteiger partial charge in [0, 0.05) is 0 Å². The van der Waals surface area contributed by atoms with Gasteiger partial charge in [0.2, 0.25) is 0 Å². The maximum atomic E-state index is 2.40. The molecule has 0 radical (unpaired) electrons. The standard InChI is InChI=1S/C36H24.3C32H22/c1-3-13-26(14-4-1)35-31-19-9-10-20-32(31)36(27-15-5-2-6-16-27)34-24-28(22-23-33(34)35)30-21-11-17-25-12-7-8-18-29(25)30;1-4-12-23(13-5-1)26-20-21-29-30(22-26)32(25-16-8-3-9-17-25)28-19-11-10-18-27(28)31(29)24-14-6-2-7-15-24;1-3-12-23(13-4-1)25-16-11-17-26(22-25)32-29-20-9-7-18-27(29)31(24-14-5-2-6-15-24)28-19-8-10-21-30(28)32;1-3-11-23(12-4-1)24-19-21-26(22-20-24)32-29-17-9-7-15-27(29)31(25-13-5-2-6-14-25)28-16-8-10-18-30(28)32/h1-24H;3*1-22H. The van der Waals surface area contributed by atoms with Crippen LogP contribution in [0.3, 0.4) is 0 Å². The second kappa shape index (κ2) is 36.7. The molecule has 0 aromatic heterocycles. The average molecular weight is 1680 g/mol. The fraction of sp³-hybridized carbons (Fsp3) is 0. The number of hydrogen-bond donors (Lipinski definition) is 0. The van der Waals surface area contributed by atoms with Gasteiger partial charge < -0.3 is 0 Å². The first-order chi connectivity index (χ1) is 65.6. The van der Waals surface area contributed by atoms with Gasteiger partial charge in [-0.05, 0) is 249 Å². The Labute approximate surface area is 770 Å². The van der Waals surface area contributed by atoms with Gasteiger partial charge in [-0.25, -0.2) is 0 Å². The van der Waals surface area contributed by atoms with Crippen LogP contribution in [-0.4, -0.2) is 0 Å². The summed E-state index contributed by atoms with van der Waals surface area (Å²) in [5.74, 6) is 0. The lowest BCUT2D eigenvalue weighted by atomic mass is 9.84. The fourth-order valence-electron chi connectivity index (χ4n) is 20.1. The summed E-state index contributed by atoms with van der Waals surface area (Å²) in [4.78, 5) is 0. The third-order valence-corrected chi connectivity index (χ3v) is 26.0. The second-order valence-electron chi connectivity index (χ2n) is 33.8. The smallest absolute Gasteiger partial charge is 0.00262 e. The third-order valence-electron chi connectivity index (χ3n) is 26.0. The maximum absolute atomic E-state index is 2.40. The number of fused-ring (bicyclic) bond motifs is 9. The summed E-state index contributed by atoms with van der Waals surface area (Å²) < 4.78 is 0. The third kappa shape index (κ3) is 15.7. The summed E-state index contributed by atoms with van der Waals surface area (Å²) in [6.07, 6.45) is 0. The van der Waals surface area contributed by atoms with Crippen LogP contribution in [0.4, 0.5) is 0 Å². The van der Waals surface area contributed by atoms with E-state index in [1.807, 2.05) is 0 Å². The van der Waals surface area contributed by atoms with Crippen LogP contribution in [0.1, 0.15) is 0 Å². The first-order valence-electron chi connectivity index (χ1n) is 45.6. The topological polar surface area (TPSA) is 0 Å². The van der Waals surface area contributed by atoms with Crippen molar-refractivity contribution in [3.63, 3.8) is 0 Å². The number of rotatable bonds is 12. The highest BCUT2D eigenvalue weighted by Gasteiger charge is 2.23. The maximum Gasteiger partial charge on any atom is -0.00262 e. The molecule has 0 atom stereocenters. The van der Waals surface area contributed by atoms with E-state index in [4.69, 9.17) is 0 Å². The number of benzene rings is 25. The first-order valence-corrected chi connectivity index (χ1v) is 45.6. The molecule has 0 heteroatoms. The van der Waals surface area contributed by atoms with E-state index in [1.165, 1.54) is 230 Å². The monoisotopic (exact) mass is 1670 g/mol. The zero-order valence-electron chi connectivity index (χ0n) is 73.0. The van der Waals surface area contributed by atoms with Crippen LogP contribution >= 0.6 is 0 Å². The normalized spacial score (nSPS) is 11.2. The molecule has 618 valence electrons. The summed E-state index contributed by atoms with van der Waals surface area (Å²) in [5.41, 5.74) is 30.4. The fourth-order valence-corrected chi connectivity index (χ4v) is 20.1. The van der Waals surface area contributed by atoms with Gasteiger partial charge in [0.05, 0.1) is 0 Å². The molecule has 132 heavy (non-hydrogen) atoms. The summed E-state index contributed by atoms with van der Waals surface area (Å²) in [6, 6.07) is 197. The molecule has 0 fully saturated rings. The van der Waals surface area contributed by atoms with Gasteiger partial charge in [-0.2, -0.15) is 0 Å². The minimum absolute atomic E-state index is 1.24. The van der Waals surface area contributed by atoms with E-state index < -0.39 is 0 Å². The molecule has 0 aliphatic rings. The second-order valence-corrected chi connectivity index (χ2v) is 33.8. The Bertz CT molecular complexity index is 8340. The van der Waals surface area contributed by atoms with Crippen LogP contribution in [0, 0.1) is 0 Å². The lowest BCUT2D eigenvalue weighted by Gasteiger charge is -2.19. The van der Waals surface area contributed by atoms with E-state index in [1.54, 1.807) is 0 Å². The van der Waals surface area contributed by atoms with Crippen LogP contribution < -0.4 is 0 Å². The van der Waals surface area contributed by atoms with E-state index in [9.17, 15) is 0 Å². The Morgan fingerprint density at radius 3 is 0.553 bits per heavy atom. The van der Waals surface area contributed by atoms with Gasteiger partial charge in [-0.1, -0.05) is 528 Å². The predicted octanol–water partition coefficient (Wildman–Crippen LogP) is 37.1. The lowest BCUT2D eigenvalue weighted by Crippen LogP contribution is -1.91. The van der Waals surface area contributed by atoms with E-state index in [-0.39, 0.29) is 0 Å². The van der Waals surface area contributed by atoms with Crippen LogP contribution in [0.25, 0.3) is 230 Å². The Balaban J connectivity index is 0.000000103. The van der Waals surface area contributed by atoms with Crippen molar-refractivity contribution in [2.75, 3.05) is 0 Å². The molecule has 0 bridgehead atoms. The minimum atomic E-state index is 1.24. The van der Waals surface area contributed by atoms with Crippen LogP contribution in [-0.2, 0) is 0 Å². The Morgan fingerprint density at radius 1 is 0.0758 bits per heavy atom. The molecule has 0 aliphatic carbocycles. The summed E-state index contributed by atoms with van der Waals surface area (Å²) >= 11 is 0. The van der Waals surface area contributed by atoms with Crippen LogP contribution in [0.5, 0.6) is 0 Å². The highest BCUT2D eigenvalue weighted by Crippen LogP contribution is 2.51. The van der Waals surface area contributed by atoms with Gasteiger partial charge in [-0.3, -0.25) is 0 Å². The Morgan fingerprint density at radius 2 is 0.242 bits per heavy atom. The first kappa shape index (κ1) is 80.7. The van der Waals surface area contributed by atoms with Crippen LogP contribution in [0.2, 0.25) is 0 Å². The summed E-state index contributed by atoms with van der Waals surface area (Å²) in [7, 11) is 0. The van der Waals surface area contributed by atoms with Gasteiger partial charge >= 0.3 is 0 Å². The summed E-state index contributed by atoms with van der Waals surface area (Å²) in [6.45, 7) is 0. The summed E-state index contributed by atoms with van der Waals surface area (Å²) in [5, 5.41) is 23.1. The molecule has 0 saturated heterocycles. The van der Waals surface area contributed by atoms with Gasteiger partial charge in [-0.15, -0.1) is 0 Å². The van der Waals surface area contributed by atoms with Crippen molar-refractivity contribution in [2.45, 2.75) is 0 Å². The highest BCUT2D eigenvalue weighted by molar-refractivity contribution is 6.26. The largest absolute Gasteiger partial charge is 0.0622 e. The van der Waals surface area contributed by atoms with Crippen molar-refractivity contribution >= 4 is 97.0 Å².